The fourth-order valence-corrected chi connectivity index (χ4v) is 3.79. The molecule has 0 amide bonds. The summed E-state index contributed by atoms with van der Waals surface area (Å²) in [6.07, 6.45) is 2.33. The SMILES string of the molecule is C=Cc1cccc2c(NS(=O)(=O)c3cc(CC)ccc3OC)noc12. The third kappa shape index (κ3) is 3.10. The van der Waals surface area contributed by atoms with Crippen molar-refractivity contribution >= 4 is 32.9 Å². The molecular formula is C18H18N2O4S. The van der Waals surface area contributed by atoms with Gasteiger partial charge in [0.25, 0.3) is 10.0 Å². The molecule has 0 saturated carbocycles. The van der Waals surface area contributed by atoms with E-state index in [2.05, 4.69) is 16.5 Å². The van der Waals surface area contributed by atoms with Gasteiger partial charge in [-0.05, 0) is 30.2 Å². The van der Waals surface area contributed by atoms with Crippen molar-refractivity contribution in [3.8, 4) is 5.75 Å². The van der Waals surface area contributed by atoms with Gasteiger partial charge in [0.05, 0.1) is 12.5 Å². The van der Waals surface area contributed by atoms with Gasteiger partial charge in [-0.2, -0.15) is 0 Å². The fourth-order valence-electron chi connectivity index (χ4n) is 2.55. The first-order valence-corrected chi connectivity index (χ1v) is 9.19. The van der Waals surface area contributed by atoms with E-state index >= 15 is 0 Å². The Balaban J connectivity index is 2.07. The lowest BCUT2D eigenvalue weighted by Gasteiger charge is -2.11. The molecule has 3 rings (SSSR count). The number of aromatic nitrogens is 1. The van der Waals surface area contributed by atoms with E-state index < -0.39 is 10.0 Å². The highest BCUT2D eigenvalue weighted by molar-refractivity contribution is 7.92. The molecule has 3 aromatic rings. The lowest BCUT2D eigenvalue weighted by Crippen LogP contribution is -2.15. The summed E-state index contributed by atoms with van der Waals surface area (Å²) in [6.45, 7) is 5.66. The average molecular weight is 358 g/mol. The molecule has 2 aromatic carbocycles. The molecule has 0 bridgehead atoms. The van der Waals surface area contributed by atoms with Crippen molar-refractivity contribution in [1.82, 2.24) is 5.16 Å². The van der Waals surface area contributed by atoms with E-state index in [4.69, 9.17) is 9.26 Å². The maximum absolute atomic E-state index is 12.9. The number of hydrogen-bond donors (Lipinski definition) is 1. The van der Waals surface area contributed by atoms with E-state index in [0.29, 0.717) is 17.4 Å². The minimum Gasteiger partial charge on any atom is -0.495 e. The molecule has 0 aliphatic carbocycles. The quantitative estimate of drug-likeness (QED) is 0.724. The summed E-state index contributed by atoms with van der Waals surface area (Å²) in [5.74, 6) is 0.395. The second-order valence-corrected chi connectivity index (χ2v) is 7.05. The average Bonchev–Trinajstić information content (AvgIpc) is 3.03. The van der Waals surface area contributed by atoms with Crippen LogP contribution in [0.2, 0.25) is 0 Å². The van der Waals surface area contributed by atoms with E-state index in [1.165, 1.54) is 7.11 Å². The molecule has 0 unspecified atom stereocenters. The number of nitrogens with one attached hydrogen (secondary N) is 1. The second kappa shape index (κ2) is 6.60. The number of anilines is 1. The van der Waals surface area contributed by atoms with Crippen LogP contribution in [-0.4, -0.2) is 20.7 Å². The molecule has 0 saturated heterocycles. The van der Waals surface area contributed by atoms with E-state index in [1.807, 2.05) is 19.1 Å². The zero-order chi connectivity index (χ0) is 18.0. The summed E-state index contributed by atoms with van der Waals surface area (Å²) in [4.78, 5) is 0.0605. The van der Waals surface area contributed by atoms with Crippen molar-refractivity contribution in [1.29, 1.82) is 0 Å². The number of sulfonamides is 1. The van der Waals surface area contributed by atoms with E-state index in [1.54, 1.807) is 30.3 Å². The van der Waals surface area contributed by atoms with Crippen molar-refractivity contribution in [2.24, 2.45) is 0 Å². The van der Waals surface area contributed by atoms with Gasteiger partial charge in [0.15, 0.2) is 11.4 Å². The highest BCUT2D eigenvalue weighted by Gasteiger charge is 2.23. The van der Waals surface area contributed by atoms with Crippen molar-refractivity contribution < 1.29 is 17.7 Å². The van der Waals surface area contributed by atoms with Crippen LogP contribution in [-0.2, 0) is 16.4 Å². The number of nitrogens with zero attached hydrogens (tertiary/aromatic N) is 1. The first kappa shape index (κ1) is 17.0. The minimum atomic E-state index is -3.89. The lowest BCUT2D eigenvalue weighted by molar-refractivity contribution is 0.402. The summed E-state index contributed by atoms with van der Waals surface area (Å²) >= 11 is 0. The first-order chi connectivity index (χ1) is 12.0. The standard InChI is InChI=1S/C18H18N2O4S/c1-4-12-9-10-15(23-3)16(11-12)25(21,22)20-18-14-8-6-7-13(5-2)17(14)24-19-18/h5-11H,2,4H2,1,3H3,(H,19,20). The van der Waals surface area contributed by atoms with Crippen LogP contribution in [0, 0.1) is 0 Å². The Hall–Kier alpha value is -2.80. The third-order valence-corrected chi connectivity index (χ3v) is 5.27. The summed E-state index contributed by atoms with van der Waals surface area (Å²) in [7, 11) is -2.46. The molecule has 25 heavy (non-hydrogen) atoms. The number of ether oxygens (including phenoxy) is 1. The van der Waals surface area contributed by atoms with Gasteiger partial charge in [-0.1, -0.05) is 42.9 Å². The van der Waals surface area contributed by atoms with Gasteiger partial charge in [0.2, 0.25) is 0 Å². The van der Waals surface area contributed by atoms with Crippen molar-refractivity contribution in [3.05, 3.63) is 54.1 Å². The molecule has 1 N–H and O–H groups in total. The number of fused-ring (bicyclic) bond motifs is 1. The zero-order valence-electron chi connectivity index (χ0n) is 13.9. The highest BCUT2D eigenvalue weighted by atomic mass is 32.2. The van der Waals surface area contributed by atoms with Crippen LogP contribution < -0.4 is 9.46 Å². The number of rotatable bonds is 6. The molecular weight excluding hydrogens is 340 g/mol. The van der Waals surface area contributed by atoms with E-state index in [-0.39, 0.29) is 16.5 Å². The summed E-state index contributed by atoms with van der Waals surface area (Å²) in [5, 5.41) is 4.42. The van der Waals surface area contributed by atoms with Crippen LogP contribution in [0.15, 0.2) is 52.4 Å². The maximum atomic E-state index is 12.9. The van der Waals surface area contributed by atoms with Crippen LogP contribution in [0.1, 0.15) is 18.1 Å². The summed E-state index contributed by atoms with van der Waals surface area (Å²) in [5.41, 5.74) is 2.10. The van der Waals surface area contributed by atoms with Gasteiger partial charge in [-0.3, -0.25) is 4.72 Å². The molecule has 0 fully saturated rings. The van der Waals surface area contributed by atoms with Crippen molar-refractivity contribution in [2.75, 3.05) is 11.8 Å². The third-order valence-electron chi connectivity index (χ3n) is 3.91. The molecule has 6 nitrogen and oxygen atoms in total. The molecule has 1 aromatic heterocycles. The summed E-state index contributed by atoms with van der Waals surface area (Å²) in [6, 6.07) is 10.4. The Morgan fingerprint density at radius 2 is 2.12 bits per heavy atom. The van der Waals surface area contributed by atoms with Gasteiger partial charge in [0.1, 0.15) is 10.6 Å². The van der Waals surface area contributed by atoms with Crippen LogP contribution in [0.3, 0.4) is 0 Å². The summed E-state index contributed by atoms with van der Waals surface area (Å²) < 4.78 is 38.7. The van der Waals surface area contributed by atoms with Gasteiger partial charge < -0.3 is 9.26 Å². The van der Waals surface area contributed by atoms with Crippen LogP contribution in [0.4, 0.5) is 5.82 Å². The predicted molar refractivity (Wildman–Crippen MR) is 97.3 cm³/mol. The normalized spacial score (nSPS) is 11.4. The molecule has 0 spiro atoms. The van der Waals surface area contributed by atoms with Crippen molar-refractivity contribution in [2.45, 2.75) is 18.2 Å². The Morgan fingerprint density at radius 1 is 1.32 bits per heavy atom. The first-order valence-electron chi connectivity index (χ1n) is 7.70. The molecule has 0 aliphatic heterocycles. The van der Waals surface area contributed by atoms with Crippen LogP contribution in [0.5, 0.6) is 5.75 Å². The Bertz CT molecular complexity index is 1040. The van der Waals surface area contributed by atoms with Gasteiger partial charge >= 0.3 is 0 Å². The van der Waals surface area contributed by atoms with Crippen molar-refractivity contribution in [3.63, 3.8) is 0 Å². The predicted octanol–water partition coefficient (Wildman–Crippen LogP) is 3.84. The Morgan fingerprint density at radius 3 is 2.80 bits per heavy atom. The smallest absolute Gasteiger partial charge is 0.266 e. The Labute approximate surface area is 146 Å². The number of benzene rings is 2. The van der Waals surface area contributed by atoms with Crippen LogP contribution >= 0.6 is 0 Å². The van der Waals surface area contributed by atoms with Crippen LogP contribution in [0.25, 0.3) is 17.0 Å². The monoisotopic (exact) mass is 358 g/mol. The molecule has 7 heteroatoms. The number of aryl methyl sites for hydroxylation is 1. The topological polar surface area (TPSA) is 81.4 Å². The van der Waals surface area contributed by atoms with Gasteiger partial charge in [0, 0.05) is 5.56 Å². The molecule has 0 atom stereocenters. The molecule has 0 aliphatic rings. The lowest BCUT2D eigenvalue weighted by atomic mass is 10.1. The fraction of sp³-hybridized carbons (Fsp3) is 0.167. The molecule has 1 heterocycles. The zero-order valence-corrected chi connectivity index (χ0v) is 14.8. The largest absolute Gasteiger partial charge is 0.495 e. The highest BCUT2D eigenvalue weighted by Crippen LogP contribution is 2.31. The maximum Gasteiger partial charge on any atom is 0.266 e. The number of methoxy groups -OCH3 is 1. The number of para-hydroxylation sites is 1. The molecule has 130 valence electrons. The van der Waals surface area contributed by atoms with E-state index in [9.17, 15) is 8.42 Å². The number of hydrogen-bond acceptors (Lipinski definition) is 5. The molecule has 0 radical (unpaired) electrons. The Kier molecular flexibility index (Phi) is 4.50. The van der Waals surface area contributed by atoms with E-state index in [0.717, 1.165) is 11.1 Å². The van der Waals surface area contributed by atoms with Gasteiger partial charge in [-0.25, -0.2) is 8.42 Å². The minimum absolute atomic E-state index is 0.0605. The van der Waals surface area contributed by atoms with Gasteiger partial charge in [-0.15, -0.1) is 0 Å². The second-order valence-electron chi connectivity index (χ2n) is 5.40.